The Morgan fingerprint density at radius 1 is 1.04 bits per heavy atom. The number of hydrogen-bond acceptors (Lipinski definition) is 4. The number of amides is 2. The maximum absolute atomic E-state index is 12.7. The molecule has 2 aromatic rings. The molecule has 6 nitrogen and oxygen atoms in total. The van der Waals surface area contributed by atoms with Gasteiger partial charge in [0, 0.05) is 30.8 Å². The number of hydrogen-bond donors (Lipinski definition) is 1. The van der Waals surface area contributed by atoms with Gasteiger partial charge in [0.05, 0.1) is 12.4 Å². The average Bonchev–Trinajstić information content (AvgIpc) is 3.42. The van der Waals surface area contributed by atoms with E-state index in [9.17, 15) is 9.59 Å². The van der Waals surface area contributed by atoms with Crippen LogP contribution in [0.1, 0.15) is 49.1 Å². The summed E-state index contributed by atoms with van der Waals surface area (Å²) in [6.07, 6.45) is 7.75. The lowest BCUT2D eigenvalue weighted by molar-refractivity contribution is -0.121. The van der Waals surface area contributed by atoms with Crippen LogP contribution in [0.4, 0.5) is 5.69 Å². The smallest absolute Gasteiger partial charge is 0.289 e. The highest BCUT2D eigenvalue weighted by atomic mass is 16.5. The van der Waals surface area contributed by atoms with Gasteiger partial charge in [-0.2, -0.15) is 0 Å². The van der Waals surface area contributed by atoms with Crippen LogP contribution in [0.15, 0.2) is 47.1 Å². The molecular weight excluding hydrogens is 356 g/mol. The summed E-state index contributed by atoms with van der Waals surface area (Å²) >= 11 is 0. The molecule has 2 aliphatic rings. The second-order valence-electron chi connectivity index (χ2n) is 7.59. The predicted molar refractivity (Wildman–Crippen MR) is 105 cm³/mol. The van der Waals surface area contributed by atoms with Crippen molar-refractivity contribution in [3.63, 3.8) is 0 Å². The number of carbonyl (C=O) groups excluding carboxylic acids is 2. The van der Waals surface area contributed by atoms with E-state index in [1.54, 1.807) is 17.0 Å². The topological polar surface area (TPSA) is 71.8 Å². The minimum absolute atomic E-state index is 0.00288. The Kier molecular flexibility index (Phi) is 5.65. The van der Waals surface area contributed by atoms with Gasteiger partial charge in [0.2, 0.25) is 5.91 Å². The summed E-state index contributed by atoms with van der Waals surface area (Å²) in [4.78, 5) is 26.7. The molecule has 0 unspecified atom stereocenters. The van der Waals surface area contributed by atoms with Crippen LogP contribution in [0.25, 0.3) is 0 Å². The van der Waals surface area contributed by atoms with Crippen LogP contribution in [0.3, 0.4) is 0 Å². The average molecular weight is 382 g/mol. The van der Waals surface area contributed by atoms with Crippen LogP contribution >= 0.6 is 0 Å². The van der Waals surface area contributed by atoms with Gasteiger partial charge >= 0.3 is 0 Å². The molecule has 2 amide bonds. The van der Waals surface area contributed by atoms with Gasteiger partial charge in [-0.15, -0.1) is 0 Å². The quantitative estimate of drug-likeness (QED) is 0.845. The Morgan fingerprint density at radius 2 is 1.82 bits per heavy atom. The molecule has 4 rings (SSSR count). The second-order valence-corrected chi connectivity index (χ2v) is 7.59. The SMILES string of the molecule is O=C(Nc1cccc(OC2CCCC2)c1)C1CCN(C(=O)c2ccco2)CC1. The molecule has 1 aliphatic heterocycles. The van der Waals surface area contributed by atoms with Gasteiger partial charge < -0.3 is 19.4 Å². The molecule has 2 heterocycles. The number of carbonyl (C=O) groups is 2. The van der Waals surface area contributed by atoms with Crippen molar-refractivity contribution in [2.45, 2.75) is 44.6 Å². The normalized spacial score (nSPS) is 18.2. The van der Waals surface area contributed by atoms with Gasteiger partial charge in [-0.1, -0.05) is 6.07 Å². The van der Waals surface area contributed by atoms with Crippen molar-refractivity contribution in [3.8, 4) is 5.75 Å². The first-order valence-electron chi connectivity index (χ1n) is 10.1. The number of furan rings is 1. The summed E-state index contributed by atoms with van der Waals surface area (Å²) in [5.74, 6) is 0.953. The van der Waals surface area contributed by atoms with Crippen LogP contribution in [-0.4, -0.2) is 35.9 Å². The van der Waals surface area contributed by atoms with E-state index in [1.165, 1.54) is 19.1 Å². The number of ether oxygens (including phenoxy) is 1. The Hall–Kier alpha value is -2.76. The zero-order chi connectivity index (χ0) is 19.3. The lowest BCUT2D eigenvalue weighted by atomic mass is 9.95. The molecule has 1 saturated heterocycles. The molecule has 28 heavy (non-hydrogen) atoms. The van der Waals surface area contributed by atoms with Crippen LogP contribution < -0.4 is 10.1 Å². The molecule has 1 aromatic heterocycles. The lowest BCUT2D eigenvalue weighted by Gasteiger charge is -2.30. The Balaban J connectivity index is 1.29. The van der Waals surface area contributed by atoms with E-state index >= 15 is 0 Å². The van der Waals surface area contributed by atoms with Gasteiger partial charge in [-0.25, -0.2) is 0 Å². The summed E-state index contributed by atoms with van der Waals surface area (Å²) < 4.78 is 11.2. The first-order valence-corrected chi connectivity index (χ1v) is 10.1. The molecule has 6 heteroatoms. The molecule has 1 aromatic carbocycles. The van der Waals surface area contributed by atoms with E-state index in [4.69, 9.17) is 9.15 Å². The van der Waals surface area contributed by atoms with Crippen molar-refractivity contribution in [2.75, 3.05) is 18.4 Å². The zero-order valence-corrected chi connectivity index (χ0v) is 15.9. The van der Waals surface area contributed by atoms with Crippen LogP contribution in [0.2, 0.25) is 0 Å². The number of nitrogens with zero attached hydrogens (tertiary/aromatic N) is 1. The fourth-order valence-corrected chi connectivity index (χ4v) is 3.99. The highest BCUT2D eigenvalue weighted by Crippen LogP contribution is 2.27. The number of anilines is 1. The van der Waals surface area contributed by atoms with Gasteiger partial charge in [0.1, 0.15) is 5.75 Å². The number of nitrogens with one attached hydrogen (secondary N) is 1. The Morgan fingerprint density at radius 3 is 2.54 bits per heavy atom. The Labute approximate surface area is 164 Å². The van der Waals surface area contributed by atoms with E-state index in [0.29, 0.717) is 37.8 Å². The molecule has 1 saturated carbocycles. The fraction of sp³-hybridized carbons (Fsp3) is 0.455. The zero-order valence-electron chi connectivity index (χ0n) is 15.9. The van der Waals surface area contributed by atoms with Crippen molar-refractivity contribution in [1.29, 1.82) is 0 Å². The number of piperidine rings is 1. The van der Waals surface area contributed by atoms with Crippen molar-refractivity contribution in [2.24, 2.45) is 5.92 Å². The summed E-state index contributed by atoms with van der Waals surface area (Å²) in [5, 5.41) is 3.01. The third kappa shape index (κ3) is 4.38. The molecule has 0 bridgehead atoms. The third-order valence-electron chi connectivity index (χ3n) is 5.59. The first kappa shape index (κ1) is 18.6. The molecule has 0 spiro atoms. The highest BCUT2D eigenvalue weighted by Gasteiger charge is 2.28. The van der Waals surface area contributed by atoms with Crippen LogP contribution in [-0.2, 0) is 4.79 Å². The standard InChI is InChI=1S/C22H26N2O4/c25-21(16-10-12-24(13-11-16)22(26)20-9-4-14-27-20)23-17-5-3-8-19(15-17)28-18-6-1-2-7-18/h3-5,8-9,14-16,18H,1-2,6-7,10-13H2,(H,23,25). The van der Waals surface area contributed by atoms with E-state index in [1.807, 2.05) is 24.3 Å². The third-order valence-corrected chi connectivity index (χ3v) is 5.59. The monoisotopic (exact) mass is 382 g/mol. The largest absolute Gasteiger partial charge is 0.490 e. The van der Waals surface area contributed by atoms with Gasteiger partial charge in [0.25, 0.3) is 5.91 Å². The molecule has 2 fully saturated rings. The fourth-order valence-electron chi connectivity index (χ4n) is 3.99. The van der Waals surface area contributed by atoms with Crippen molar-refractivity contribution in [1.82, 2.24) is 4.90 Å². The summed E-state index contributed by atoms with van der Waals surface area (Å²) in [6.45, 7) is 1.12. The van der Waals surface area contributed by atoms with Crippen LogP contribution in [0, 0.1) is 5.92 Å². The minimum atomic E-state index is -0.111. The van der Waals surface area contributed by atoms with Crippen LogP contribution in [0.5, 0.6) is 5.75 Å². The lowest BCUT2D eigenvalue weighted by Crippen LogP contribution is -2.41. The number of benzene rings is 1. The molecular formula is C22H26N2O4. The number of rotatable bonds is 5. The second kappa shape index (κ2) is 8.50. The summed E-state index contributed by atoms with van der Waals surface area (Å²) in [5.41, 5.74) is 0.759. The van der Waals surface area contributed by atoms with Crippen molar-refractivity contribution < 1.29 is 18.7 Å². The van der Waals surface area contributed by atoms with Crippen molar-refractivity contribution in [3.05, 3.63) is 48.4 Å². The maximum Gasteiger partial charge on any atom is 0.289 e. The minimum Gasteiger partial charge on any atom is -0.490 e. The molecule has 0 atom stereocenters. The number of likely N-dealkylation sites (tertiary alicyclic amines) is 1. The van der Waals surface area contributed by atoms with Gasteiger partial charge in [-0.3, -0.25) is 9.59 Å². The van der Waals surface area contributed by atoms with E-state index in [0.717, 1.165) is 24.3 Å². The maximum atomic E-state index is 12.7. The highest BCUT2D eigenvalue weighted by molar-refractivity contribution is 5.94. The molecule has 0 radical (unpaired) electrons. The van der Waals surface area contributed by atoms with E-state index < -0.39 is 0 Å². The predicted octanol–water partition coefficient (Wildman–Crippen LogP) is 4.09. The van der Waals surface area contributed by atoms with E-state index in [2.05, 4.69) is 5.32 Å². The van der Waals surface area contributed by atoms with E-state index in [-0.39, 0.29) is 17.7 Å². The summed E-state index contributed by atoms with van der Waals surface area (Å²) in [7, 11) is 0. The molecule has 1 aliphatic carbocycles. The molecule has 148 valence electrons. The summed E-state index contributed by atoms with van der Waals surface area (Å²) in [6, 6.07) is 11.0. The first-order chi connectivity index (χ1) is 13.7. The van der Waals surface area contributed by atoms with Gasteiger partial charge in [-0.05, 0) is 62.8 Å². The van der Waals surface area contributed by atoms with Gasteiger partial charge in [0.15, 0.2) is 5.76 Å². The Bertz CT molecular complexity index is 804. The van der Waals surface area contributed by atoms with Crippen molar-refractivity contribution >= 4 is 17.5 Å². The molecule has 1 N–H and O–H groups in total.